The molecule has 0 aliphatic carbocycles. The highest BCUT2D eigenvalue weighted by Gasteiger charge is 2.29. The summed E-state index contributed by atoms with van der Waals surface area (Å²) in [6, 6.07) is 15.6. The summed E-state index contributed by atoms with van der Waals surface area (Å²) in [6.07, 6.45) is 2.15. The van der Waals surface area contributed by atoms with Crippen molar-refractivity contribution < 1.29 is 13.2 Å². The van der Waals surface area contributed by atoms with Gasteiger partial charge >= 0.3 is 0 Å². The number of hydrogen-bond donors (Lipinski definition) is 0. The first kappa shape index (κ1) is 15.9. The van der Waals surface area contributed by atoms with Crippen molar-refractivity contribution in [1.82, 2.24) is 0 Å². The molecule has 0 amide bonds. The van der Waals surface area contributed by atoms with Gasteiger partial charge in [-0.1, -0.05) is 30.3 Å². The number of rotatable bonds is 6. The standard InChI is InChI=1S/C18H21NO3S/c1-22-17-9-10-18-16(14-17)11-12-19(18)23(20,21)13-5-8-15-6-3-2-4-7-15/h2-4,6-7,9-10,14H,5,8,11-13H2,1H3. The zero-order valence-electron chi connectivity index (χ0n) is 13.2. The number of sulfonamides is 1. The fourth-order valence-electron chi connectivity index (χ4n) is 2.98. The summed E-state index contributed by atoms with van der Waals surface area (Å²) < 4.78 is 32.0. The van der Waals surface area contributed by atoms with Gasteiger partial charge in [-0.15, -0.1) is 0 Å². The number of hydrogen-bond acceptors (Lipinski definition) is 3. The molecular formula is C18H21NO3S. The molecule has 0 aromatic heterocycles. The first-order valence-corrected chi connectivity index (χ1v) is 9.42. The van der Waals surface area contributed by atoms with Crippen LogP contribution in [0.3, 0.4) is 0 Å². The average Bonchev–Trinajstić information content (AvgIpc) is 2.99. The van der Waals surface area contributed by atoms with Crippen LogP contribution in [0.1, 0.15) is 17.5 Å². The van der Waals surface area contributed by atoms with Crippen LogP contribution < -0.4 is 9.04 Å². The van der Waals surface area contributed by atoms with Gasteiger partial charge in [-0.05, 0) is 48.6 Å². The van der Waals surface area contributed by atoms with E-state index in [0.29, 0.717) is 13.0 Å². The molecule has 3 rings (SSSR count). The van der Waals surface area contributed by atoms with Gasteiger partial charge in [0.25, 0.3) is 0 Å². The van der Waals surface area contributed by atoms with Crippen LogP contribution in [0.4, 0.5) is 5.69 Å². The number of fused-ring (bicyclic) bond motifs is 1. The van der Waals surface area contributed by atoms with E-state index >= 15 is 0 Å². The number of aryl methyl sites for hydroxylation is 1. The van der Waals surface area contributed by atoms with Crippen LogP contribution in [0.25, 0.3) is 0 Å². The second-order valence-electron chi connectivity index (χ2n) is 5.72. The Morgan fingerprint density at radius 2 is 1.91 bits per heavy atom. The van der Waals surface area contributed by atoms with E-state index in [0.717, 1.165) is 29.8 Å². The van der Waals surface area contributed by atoms with Gasteiger partial charge in [0.05, 0.1) is 18.6 Å². The van der Waals surface area contributed by atoms with Gasteiger partial charge in [-0.3, -0.25) is 4.31 Å². The SMILES string of the molecule is COc1ccc2c(c1)CCN2S(=O)(=O)CCCc1ccccc1. The maximum Gasteiger partial charge on any atom is 0.235 e. The Morgan fingerprint density at radius 1 is 1.13 bits per heavy atom. The topological polar surface area (TPSA) is 46.6 Å². The maximum atomic E-state index is 12.6. The van der Waals surface area contributed by atoms with Crippen molar-refractivity contribution in [3.63, 3.8) is 0 Å². The molecule has 0 spiro atoms. The molecule has 2 aromatic rings. The second kappa shape index (κ2) is 6.62. The van der Waals surface area contributed by atoms with Gasteiger partial charge in [0, 0.05) is 6.54 Å². The summed E-state index contributed by atoms with van der Waals surface area (Å²) in [4.78, 5) is 0. The predicted molar refractivity (Wildman–Crippen MR) is 92.6 cm³/mol. The number of nitrogens with zero attached hydrogens (tertiary/aromatic N) is 1. The molecule has 5 heteroatoms. The number of benzene rings is 2. The first-order chi connectivity index (χ1) is 11.1. The molecule has 2 aromatic carbocycles. The van der Waals surface area contributed by atoms with E-state index in [9.17, 15) is 8.42 Å². The molecule has 4 nitrogen and oxygen atoms in total. The minimum Gasteiger partial charge on any atom is -0.497 e. The van der Waals surface area contributed by atoms with Crippen molar-refractivity contribution in [3.05, 3.63) is 59.7 Å². The molecule has 0 unspecified atom stereocenters. The van der Waals surface area contributed by atoms with Crippen LogP contribution in [-0.2, 0) is 22.9 Å². The molecule has 23 heavy (non-hydrogen) atoms. The Bertz CT molecular complexity index is 772. The molecule has 0 saturated heterocycles. The van der Waals surface area contributed by atoms with Crippen molar-refractivity contribution in [2.45, 2.75) is 19.3 Å². The summed E-state index contributed by atoms with van der Waals surface area (Å²) in [5.74, 6) is 0.944. The van der Waals surface area contributed by atoms with Crippen molar-refractivity contribution in [2.24, 2.45) is 0 Å². The van der Waals surface area contributed by atoms with Crippen LogP contribution in [0.15, 0.2) is 48.5 Å². The number of ether oxygens (including phenoxy) is 1. The Kier molecular flexibility index (Phi) is 4.57. The summed E-state index contributed by atoms with van der Waals surface area (Å²) in [7, 11) is -1.65. The molecule has 0 saturated carbocycles. The van der Waals surface area contributed by atoms with E-state index < -0.39 is 10.0 Å². The highest BCUT2D eigenvalue weighted by atomic mass is 32.2. The van der Waals surface area contributed by atoms with Crippen molar-refractivity contribution in [2.75, 3.05) is 23.7 Å². The molecule has 1 aliphatic heterocycles. The molecule has 0 radical (unpaired) electrons. The third-order valence-corrected chi connectivity index (χ3v) is 6.04. The van der Waals surface area contributed by atoms with E-state index in [1.54, 1.807) is 11.4 Å². The van der Waals surface area contributed by atoms with Gasteiger partial charge in [0.15, 0.2) is 0 Å². The lowest BCUT2D eigenvalue weighted by Gasteiger charge is -2.19. The largest absolute Gasteiger partial charge is 0.497 e. The minimum absolute atomic E-state index is 0.174. The van der Waals surface area contributed by atoms with Gasteiger partial charge in [-0.2, -0.15) is 0 Å². The normalized spacial score (nSPS) is 13.9. The fraction of sp³-hybridized carbons (Fsp3) is 0.333. The molecule has 0 atom stereocenters. The molecule has 1 heterocycles. The van der Waals surface area contributed by atoms with Crippen LogP contribution in [0.5, 0.6) is 5.75 Å². The predicted octanol–water partition coefficient (Wildman–Crippen LogP) is 3.02. The zero-order valence-corrected chi connectivity index (χ0v) is 14.1. The van der Waals surface area contributed by atoms with E-state index in [1.807, 2.05) is 48.5 Å². The lowest BCUT2D eigenvalue weighted by atomic mass is 10.1. The molecule has 1 aliphatic rings. The van der Waals surface area contributed by atoms with Gasteiger partial charge in [-0.25, -0.2) is 8.42 Å². The van der Waals surface area contributed by atoms with Crippen LogP contribution in [0, 0.1) is 0 Å². The summed E-state index contributed by atoms with van der Waals surface area (Å²) in [6.45, 7) is 0.524. The second-order valence-corrected chi connectivity index (χ2v) is 7.73. The fourth-order valence-corrected chi connectivity index (χ4v) is 4.55. The number of methoxy groups -OCH3 is 1. The Hall–Kier alpha value is -2.01. The summed E-state index contributed by atoms with van der Waals surface area (Å²) >= 11 is 0. The first-order valence-electron chi connectivity index (χ1n) is 7.81. The van der Waals surface area contributed by atoms with Gasteiger partial charge in [0.1, 0.15) is 5.75 Å². The maximum absolute atomic E-state index is 12.6. The van der Waals surface area contributed by atoms with Crippen molar-refractivity contribution in [3.8, 4) is 5.75 Å². The lowest BCUT2D eigenvalue weighted by Crippen LogP contribution is -2.31. The van der Waals surface area contributed by atoms with Crippen LogP contribution in [-0.4, -0.2) is 27.8 Å². The molecule has 0 bridgehead atoms. The third kappa shape index (κ3) is 3.50. The summed E-state index contributed by atoms with van der Waals surface area (Å²) in [5.41, 5.74) is 3.01. The van der Waals surface area contributed by atoms with E-state index in [4.69, 9.17) is 4.74 Å². The third-order valence-electron chi connectivity index (χ3n) is 4.19. The monoisotopic (exact) mass is 331 g/mol. The Morgan fingerprint density at radius 3 is 2.65 bits per heavy atom. The minimum atomic E-state index is -3.27. The zero-order chi connectivity index (χ0) is 16.3. The molecule has 0 N–H and O–H groups in total. The van der Waals surface area contributed by atoms with Crippen molar-refractivity contribution >= 4 is 15.7 Å². The smallest absolute Gasteiger partial charge is 0.235 e. The van der Waals surface area contributed by atoms with Crippen LogP contribution in [0.2, 0.25) is 0 Å². The van der Waals surface area contributed by atoms with Crippen LogP contribution >= 0.6 is 0 Å². The van der Waals surface area contributed by atoms with E-state index in [2.05, 4.69) is 0 Å². The Labute approximate surface area is 137 Å². The highest BCUT2D eigenvalue weighted by Crippen LogP contribution is 2.33. The summed E-state index contributed by atoms with van der Waals surface area (Å²) in [5, 5.41) is 0. The molecular weight excluding hydrogens is 310 g/mol. The Balaban J connectivity index is 1.67. The van der Waals surface area contributed by atoms with Gasteiger partial charge < -0.3 is 4.74 Å². The molecule has 122 valence electrons. The van der Waals surface area contributed by atoms with E-state index in [-0.39, 0.29) is 5.75 Å². The van der Waals surface area contributed by atoms with E-state index in [1.165, 1.54) is 5.56 Å². The quantitative estimate of drug-likeness (QED) is 0.817. The molecule has 0 fully saturated rings. The van der Waals surface area contributed by atoms with Crippen molar-refractivity contribution in [1.29, 1.82) is 0 Å². The lowest BCUT2D eigenvalue weighted by molar-refractivity contribution is 0.414. The van der Waals surface area contributed by atoms with Gasteiger partial charge in [0.2, 0.25) is 10.0 Å². The number of anilines is 1. The highest BCUT2D eigenvalue weighted by molar-refractivity contribution is 7.92. The average molecular weight is 331 g/mol.